The molecule has 0 aliphatic carbocycles. The van der Waals surface area contributed by atoms with Crippen LogP contribution in [-0.4, -0.2) is 35.3 Å². The summed E-state index contributed by atoms with van der Waals surface area (Å²) in [6.07, 6.45) is 0. The number of aromatic hydroxyl groups is 1. The molecule has 230 valence electrons. The molecule has 0 aliphatic rings. The quantitative estimate of drug-likeness (QED) is 0.228. The summed E-state index contributed by atoms with van der Waals surface area (Å²) in [4.78, 5) is 14.5. The number of phenolic OH excluding ortho intramolecular Hbond substituents is 1. The molecule has 0 amide bonds. The van der Waals surface area contributed by atoms with Crippen LogP contribution in [0, 0.1) is 0 Å². The van der Waals surface area contributed by atoms with Crippen LogP contribution < -0.4 is 4.74 Å². The van der Waals surface area contributed by atoms with Crippen molar-refractivity contribution in [2.24, 2.45) is 0 Å². The van der Waals surface area contributed by atoms with E-state index in [0.29, 0.717) is 17.6 Å². The molecule has 0 saturated carbocycles. The summed E-state index contributed by atoms with van der Waals surface area (Å²) in [5.74, 6) is 1.79. The van der Waals surface area contributed by atoms with E-state index in [4.69, 9.17) is 9.47 Å². The van der Waals surface area contributed by atoms with Crippen molar-refractivity contribution in [1.29, 1.82) is 0 Å². The van der Waals surface area contributed by atoms with Gasteiger partial charge < -0.3 is 14.6 Å². The van der Waals surface area contributed by atoms with Crippen molar-refractivity contribution in [2.75, 3.05) is 19.0 Å². The number of hydrogen-bond donors (Lipinski definition) is 1. The molecule has 0 fully saturated rings. The van der Waals surface area contributed by atoms with Crippen LogP contribution in [0.1, 0.15) is 119 Å². The molecule has 2 aromatic carbocycles. The summed E-state index contributed by atoms with van der Waals surface area (Å²) in [6, 6.07) is 8.80. The van der Waals surface area contributed by atoms with Gasteiger partial charge in [0.1, 0.15) is 11.5 Å². The molecule has 0 radical (unpaired) electrons. The molecule has 0 aliphatic heterocycles. The third-order valence-electron chi connectivity index (χ3n) is 6.84. The Bertz CT molecular complexity index is 1130. The second kappa shape index (κ2) is 13.2. The van der Waals surface area contributed by atoms with E-state index in [1.165, 1.54) is 9.79 Å². The van der Waals surface area contributed by atoms with Crippen molar-refractivity contribution < 1.29 is 19.4 Å². The normalized spacial score (nSPS) is 13.7. The van der Waals surface area contributed by atoms with E-state index >= 15 is 0 Å². The van der Waals surface area contributed by atoms with Gasteiger partial charge in [-0.3, -0.25) is 0 Å². The predicted molar refractivity (Wildman–Crippen MR) is 178 cm³/mol. The monoisotopic (exact) mass is 602 g/mol. The lowest BCUT2D eigenvalue weighted by Crippen LogP contribution is -2.23. The topological polar surface area (TPSA) is 55.8 Å². The number of thioether (sulfide) groups is 2. The van der Waals surface area contributed by atoms with Crippen LogP contribution in [0.3, 0.4) is 0 Å². The van der Waals surface area contributed by atoms with Gasteiger partial charge in [-0.15, -0.1) is 23.5 Å². The zero-order valence-electron chi connectivity index (χ0n) is 28.0. The first-order valence-electron chi connectivity index (χ1n) is 14.7. The second-order valence-electron chi connectivity index (χ2n) is 15.0. The van der Waals surface area contributed by atoms with Crippen LogP contribution in [0.5, 0.6) is 11.5 Å². The fourth-order valence-electron chi connectivity index (χ4n) is 4.59. The number of rotatable bonds is 9. The molecule has 1 unspecified atom stereocenters. The molecule has 4 nitrogen and oxygen atoms in total. The van der Waals surface area contributed by atoms with Gasteiger partial charge in [-0.25, -0.2) is 4.79 Å². The van der Waals surface area contributed by atoms with Gasteiger partial charge in [0.05, 0.1) is 6.61 Å². The first-order chi connectivity index (χ1) is 18.6. The lowest BCUT2D eigenvalue weighted by atomic mass is 9.79. The van der Waals surface area contributed by atoms with E-state index in [1.54, 1.807) is 6.92 Å². The van der Waals surface area contributed by atoms with Crippen molar-refractivity contribution in [2.45, 2.75) is 134 Å². The van der Waals surface area contributed by atoms with E-state index < -0.39 is 0 Å². The molecular formula is C35H54O4S2. The van der Waals surface area contributed by atoms with Crippen molar-refractivity contribution in [3.05, 3.63) is 46.5 Å². The van der Waals surface area contributed by atoms with Gasteiger partial charge in [0.2, 0.25) is 0 Å². The largest absolute Gasteiger partial charge is 0.507 e. The molecule has 1 N–H and O–H groups in total. The van der Waals surface area contributed by atoms with Gasteiger partial charge >= 0.3 is 5.97 Å². The van der Waals surface area contributed by atoms with Crippen LogP contribution in [0.4, 0.5) is 0 Å². The highest BCUT2D eigenvalue weighted by atomic mass is 32.2. The third-order valence-corrected chi connectivity index (χ3v) is 9.36. The Morgan fingerprint density at radius 3 is 1.56 bits per heavy atom. The fraction of sp³-hybridized carbons (Fsp3) is 0.629. The lowest BCUT2D eigenvalue weighted by molar-refractivity contribution is -0.145. The Balaban J connectivity index is 2.40. The SMILES string of the molecule is CCOC(=O)COc1c(C(C)(C)C)cc(SCC(C)Sc2cc(C(C)(C)C)c(O)c(C(C)(C)C)c2)cc1C(C)(C)C. The van der Waals surface area contributed by atoms with Crippen LogP contribution in [0.15, 0.2) is 34.1 Å². The molecule has 41 heavy (non-hydrogen) atoms. The van der Waals surface area contributed by atoms with E-state index in [-0.39, 0.29) is 34.2 Å². The molecule has 0 saturated heterocycles. The summed E-state index contributed by atoms with van der Waals surface area (Å²) in [5.41, 5.74) is 3.55. The molecule has 1 atom stereocenters. The maximum Gasteiger partial charge on any atom is 0.344 e. The van der Waals surface area contributed by atoms with Crippen molar-refractivity contribution >= 4 is 29.5 Å². The van der Waals surface area contributed by atoms with E-state index in [9.17, 15) is 9.90 Å². The van der Waals surface area contributed by atoms with Crippen molar-refractivity contribution in [3.63, 3.8) is 0 Å². The highest BCUT2D eigenvalue weighted by Crippen LogP contribution is 2.45. The van der Waals surface area contributed by atoms with Crippen LogP contribution >= 0.6 is 23.5 Å². The van der Waals surface area contributed by atoms with Crippen LogP contribution in [0.25, 0.3) is 0 Å². The predicted octanol–water partition coefficient (Wildman–Crippen LogP) is 9.80. The van der Waals surface area contributed by atoms with Gasteiger partial charge in [-0.1, -0.05) is 90.0 Å². The minimum Gasteiger partial charge on any atom is -0.507 e. The standard InChI is InChI=1S/C35H54O4S2/c1-15-38-29(36)20-39-31-27(34(9,10)11)16-23(17-28(31)35(12,13)14)40-21-22(2)41-24-18-25(32(3,4)5)30(37)26(19-24)33(6,7)8/h16-19,22,37H,15,20-21H2,1-14H3. The number of benzene rings is 2. The number of esters is 1. The molecule has 0 bridgehead atoms. The Labute approximate surface area is 258 Å². The number of ether oxygens (including phenoxy) is 2. The first kappa shape index (κ1) is 35.4. The molecule has 6 heteroatoms. The Morgan fingerprint density at radius 1 is 0.756 bits per heavy atom. The summed E-state index contributed by atoms with van der Waals surface area (Å²) >= 11 is 3.72. The highest BCUT2D eigenvalue weighted by Gasteiger charge is 2.30. The second-order valence-corrected chi connectivity index (χ2v) is 17.7. The zero-order chi connectivity index (χ0) is 31.6. The maximum atomic E-state index is 12.1. The zero-order valence-corrected chi connectivity index (χ0v) is 29.6. The van der Waals surface area contributed by atoms with Gasteiger partial charge in [-0.2, -0.15) is 0 Å². The third kappa shape index (κ3) is 9.88. The van der Waals surface area contributed by atoms with Crippen LogP contribution in [0.2, 0.25) is 0 Å². The van der Waals surface area contributed by atoms with Crippen molar-refractivity contribution in [1.82, 2.24) is 0 Å². The molecular weight excluding hydrogens is 549 g/mol. The van der Waals surface area contributed by atoms with Gasteiger partial charge in [0, 0.05) is 43.0 Å². The maximum absolute atomic E-state index is 12.1. The van der Waals surface area contributed by atoms with E-state index in [2.05, 4.69) is 114 Å². The Hall–Kier alpha value is -1.79. The van der Waals surface area contributed by atoms with Crippen LogP contribution in [-0.2, 0) is 31.2 Å². The minimum atomic E-state index is -0.352. The smallest absolute Gasteiger partial charge is 0.344 e. The van der Waals surface area contributed by atoms with E-state index in [1.807, 2.05) is 23.5 Å². The number of hydrogen-bond acceptors (Lipinski definition) is 6. The average molecular weight is 603 g/mol. The average Bonchev–Trinajstić information content (AvgIpc) is 2.79. The number of carbonyl (C=O) groups is 1. The fourth-order valence-corrected chi connectivity index (χ4v) is 6.73. The van der Waals surface area contributed by atoms with Gasteiger partial charge in [0.25, 0.3) is 0 Å². The summed E-state index contributed by atoms with van der Waals surface area (Å²) in [6.45, 7) is 30.3. The molecule has 0 heterocycles. The number of phenols is 1. The number of carbonyl (C=O) groups excluding carboxylic acids is 1. The first-order valence-corrected chi connectivity index (χ1v) is 16.6. The molecule has 2 aromatic rings. The van der Waals surface area contributed by atoms with E-state index in [0.717, 1.165) is 33.8 Å². The summed E-state index contributed by atoms with van der Waals surface area (Å²) in [5, 5.41) is 11.5. The molecule has 0 spiro atoms. The van der Waals surface area contributed by atoms with Crippen molar-refractivity contribution in [3.8, 4) is 11.5 Å². The van der Waals surface area contributed by atoms with Gasteiger partial charge in [-0.05, 0) is 52.8 Å². The minimum absolute atomic E-state index is 0.0973. The molecule has 0 aromatic heterocycles. The van der Waals surface area contributed by atoms with Gasteiger partial charge in [0.15, 0.2) is 6.61 Å². The Morgan fingerprint density at radius 2 is 1.17 bits per heavy atom. The summed E-state index contributed by atoms with van der Waals surface area (Å²) < 4.78 is 11.3. The molecule has 2 rings (SSSR count). The lowest BCUT2D eigenvalue weighted by Gasteiger charge is -2.30. The highest BCUT2D eigenvalue weighted by molar-refractivity contribution is 8.03. The summed E-state index contributed by atoms with van der Waals surface area (Å²) in [7, 11) is 0. The Kier molecular flexibility index (Phi) is 11.4.